The van der Waals surface area contributed by atoms with E-state index < -0.39 is 22.5 Å². The van der Waals surface area contributed by atoms with Gasteiger partial charge >= 0.3 is 6.61 Å². The Morgan fingerprint density at radius 3 is 2.39 bits per heavy atom. The summed E-state index contributed by atoms with van der Waals surface area (Å²) < 4.78 is 56.2. The van der Waals surface area contributed by atoms with Crippen LogP contribution in [0.2, 0.25) is 5.02 Å². The van der Waals surface area contributed by atoms with E-state index in [1.807, 2.05) is 0 Å². The zero-order chi connectivity index (χ0) is 22.6. The number of hydrogen-bond acceptors (Lipinski definition) is 5. The van der Waals surface area contributed by atoms with Gasteiger partial charge in [-0.05, 0) is 60.7 Å². The lowest BCUT2D eigenvalue weighted by Gasteiger charge is -2.12. The number of halogens is 3. The van der Waals surface area contributed by atoms with Gasteiger partial charge in [0, 0.05) is 10.6 Å². The van der Waals surface area contributed by atoms with Crippen LogP contribution in [0, 0.1) is 0 Å². The van der Waals surface area contributed by atoms with Crippen molar-refractivity contribution >= 4 is 38.9 Å². The largest absolute Gasteiger partial charge is 0.506 e. The van der Waals surface area contributed by atoms with Crippen molar-refractivity contribution < 1.29 is 31.8 Å². The summed E-state index contributed by atoms with van der Waals surface area (Å²) in [5.74, 6) is -1.20. The van der Waals surface area contributed by atoms with Gasteiger partial charge in [-0.3, -0.25) is 9.52 Å². The summed E-state index contributed by atoms with van der Waals surface area (Å²) in [4.78, 5) is 12.2. The zero-order valence-corrected chi connectivity index (χ0v) is 17.1. The van der Waals surface area contributed by atoms with Gasteiger partial charge < -0.3 is 15.2 Å². The number of carbonyl (C=O) groups excluding carboxylic acids is 1. The minimum atomic E-state index is -4.05. The lowest BCUT2D eigenvalue weighted by molar-refractivity contribution is -0.0498. The van der Waals surface area contributed by atoms with E-state index in [1.54, 1.807) is 12.1 Å². The molecule has 0 aliphatic heterocycles. The lowest BCUT2D eigenvalue weighted by Crippen LogP contribution is -2.15. The number of ether oxygens (including phenoxy) is 1. The molecule has 0 saturated heterocycles. The molecule has 1 amide bonds. The van der Waals surface area contributed by atoms with E-state index in [-0.39, 0.29) is 33.3 Å². The number of amides is 1. The Labute approximate surface area is 181 Å². The maximum Gasteiger partial charge on any atom is 0.387 e. The SMILES string of the molecule is O=C(Nc1cc(S(=O)(=O)Nc2cccc(Cl)c2)ccc1O)c1ccc(OC(F)F)cc1. The average molecular weight is 469 g/mol. The summed E-state index contributed by atoms with van der Waals surface area (Å²) in [5.41, 5.74) is 0.149. The predicted octanol–water partition coefficient (Wildman–Crippen LogP) is 4.70. The average Bonchev–Trinajstić information content (AvgIpc) is 2.69. The molecule has 0 atom stereocenters. The van der Waals surface area contributed by atoms with E-state index >= 15 is 0 Å². The highest BCUT2D eigenvalue weighted by molar-refractivity contribution is 7.92. The Morgan fingerprint density at radius 2 is 1.74 bits per heavy atom. The molecule has 3 N–H and O–H groups in total. The summed E-state index contributed by atoms with van der Waals surface area (Å²) in [7, 11) is -4.05. The van der Waals surface area contributed by atoms with Crippen LogP contribution in [0.3, 0.4) is 0 Å². The fourth-order valence-corrected chi connectivity index (χ4v) is 3.80. The first-order chi connectivity index (χ1) is 14.6. The quantitative estimate of drug-likeness (QED) is 0.436. The normalized spacial score (nSPS) is 11.2. The van der Waals surface area contributed by atoms with Crippen molar-refractivity contribution in [1.29, 1.82) is 0 Å². The van der Waals surface area contributed by atoms with E-state index in [2.05, 4.69) is 14.8 Å². The van der Waals surface area contributed by atoms with Gasteiger partial charge in [0.2, 0.25) is 0 Å². The van der Waals surface area contributed by atoms with E-state index in [9.17, 15) is 27.1 Å². The van der Waals surface area contributed by atoms with Crippen molar-refractivity contribution in [1.82, 2.24) is 0 Å². The Kier molecular flexibility index (Phi) is 6.62. The topological polar surface area (TPSA) is 105 Å². The molecule has 0 spiro atoms. The molecule has 0 saturated carbocycles. The third-order valence-corrected chi connectivity index (χ3v) is 5.56. The van der Waals surface area contributed by atoms with Crippen LogP contribution >= 0.6 is 11.6 Å². The minimum absolute atomic E-state index is 0.0753. The first kappa shape index (κ1) is 22.3. The van der Waals surface area contributed by atoms with Crippen LogP contribution < -0.4 is 14.8 Å². The van der Waals surface area contributed by atoms with Crippen LogP contribution in [0.1, 0.15) is 10.4 Å². The number of anilines is 2. The Balaban J connectivity index is 1.79. The molecule has 0 aromatic heterocycles. The molecule has 0 unspecified atom stereocenters. The maximum atomic E-state index is 12.6. The van der Waals surface area contributed by atoms with Crippen LogP contribution in [-0.4, -0.2) is 26.0 Å². The zero-order valence-electron chi connectivity index (χ0n) is 15.6. The second kappa shape index (κ2) is 9.19. The first-order valence-corrected chi connectivity index (χ1v) is 10.5. The smallest absolute Gasteiger partial charge is 0.387 e. The van der Waals surface area contributed by atoms with E-state index in [1.165, 1.54) is 36.4 Å². The van der Waals surface area contributed by atoms with Crippen molar-refractivity contribution in [3.05, 3.63) is 77.3 Å². The molecular formula is C20H15ClF2N2O5S. The molecule has 11 heteroatoms. The molecule has 162 valence electrons. The third-order valence-electron chi connectivity index (χ3n) is 3.95. The van der Waals surface area contributed by atoms with Gasteiger partial charge in [-0.25, -0.2) is 8.42 Å². The van der Waals surface area contributed by atoms with Crippen LogP contribution in [0.15, 0.2) is 71.6 Å². The second-order valence-electron chi connectivity index (χ2n) is 6.15. The van der Waals surface area contributed by atoms with E-state index in [4.69, 9.17) is 11.6 Å². The molecular weight excluding hydrogens is 454 g/mol. The highest BCUT2D eigenvalue weighted by atomic mass is 35.5. The maximum absolute atomic E-state index is 12.6. The number of benzene rings is 3. The van der Waals surface area contributed by atoms with Gasteiger partial charge in [0.15, 0.2) is 0 Å². The predicted molar refractivity (Wildman–Crippen MR) is 111 cm³/mol. The number of rotatable bonds is 7. The van der Waals surface area contributed by atoms with Crippen LogP contribution in [0.5, 0.6) is 11.5 Å². The number of phenols is 1. The van der Waals surface area contributed by atoms with Gasteiger partial charge in [0.1, 0.15) is 11.5 Å². The van der Waals surface area contributed by atoms with Crippen molar-refractivity contribution in [3.8, 4) is 11.5 Å². The number of alkyl halides is 2. The summed E-state index contributed by atoms with van der Waals surface area (Å²) >= 11 is 5.86. The standard InChI is InChI=1S/C20H15ClF2N2O5S/c21-13-2-1-3-14(10-13)25-31(28,29)16-8-9-18(26)17(11-16)24-19(27)12-4-6-15(7-5-12)30-20(22)23/h1-11,20,25-26H,(H,24,27). The summed E-state index contributed by atoms with van der Waals surface area (Å²) in [6.07, 6.45) is 0. The van der Waals surface area contributed by atoms with Crippen molar-refractivity contribution in [2.45, 2.75) is 11.5 Å². The monoisotopic (exact) mass is 468 g/mol. The van der Waals surface area contributed by atoms with E-state index in [0.29, 0.717) is 5.02 Å². The number of carbonyl (C=O) groups is 1. The third kappa shape index (κ3) is 5.83. The molecule has 0 aliphatic rings. The van der Waals surface area contributed by atoms with Gasteiger partial charge in [-0.2, -0.15) is 8.78 Å². The van der Waals surface area contributed by atoms with Crippen molar-refractivity contribution in [3.63, 3.8) is 0 Å². The first-order valence-electron chi connectivity index (χ1n) is 8.62. The highest BCUT2D eigenvalue weighted by Gasteiger charge is 2.18. The lowest BCUT2D eigenvalue weighted by atomic mass is 10.2. The number of sulfonamides is 1. The van der Waals surface area contributed by atoms with Gasteiger partial charge in [-0.15, -0.1) is 0 Å². The molecule has 0 heterocycles. The molecule has 31 heavy (non-hydrogen) atoms. The molecule has 0 fully saturated rings. The van der Waals surface area contributed by atoms with E-state index in [0.717, 1.165) is 18.2 Å². The number of phenolic OH excluding ortho intramolecular Hbond substituents is 1. The summed E-state index contributed by atoms with van der Waals surface area (Å²) in [5, 5.41) is 12.7. The van der Waals surface area contributed by atoms with Crippen LogP contribution in [0.4, 0.5) is 20.2 Å². The molecule has 3 aromatic rings. The van der Waals surface area contributed by atoms with Crippen LogP contribution in [0.25, 0.3) is 0 Å². The van der Waals surface area contributed by atoms with Gasteiger partial charge in [0.05, 0.1) is 16.3 Å². The second-order valence-corrected chi connectivity index (χ2v) is 8.27. The molecule has 7 nitrogen and oxygen atoms in total. The number of nitrogens with one attached hydrogen (secondary N) is 2. The Morgan fingerprint density at radius 1 is 1.03 bits per heavy atom. The van der Waals surface area contributed by atoms with Crippen molar-refractivity contribution in [2.24, 2.45) is 0 Å². The number of hydrogen-bond donors (Lipinski definition) is 3. The van der Waals surface area contributed by atoms with Gasteiger partial charge in [0.25, 0.3) is 15.9 Å². The molecule has 3 aromatic carbocycles. The number of aromatic hydroxyl groups is 1. The Hall–Kier alpha value is -3.37. The van der Waals surface area contributed by atoms with Gasteiger partial charge in [-0.1, -0.05) is 17.7 Å². The fourth-order valence-electron chi connectivity index (χ4n) is 2.53. The molecule has 3 rings (SSSR count). The summed E-state index contributed by atoms with van der Waals surface area (Å²) in [6, 6.07) is 14.3. The minimum Gasteiger partial charge on any atom is -0.506 e. The molecule has 0 aliphatic carbocycles. The van der Waals surface area contributed by atoms with Crippen LogP contribution in [-0.2, 0) is 10.0 Å². The summed E-state index contributed by atoms with van der Waals surface area (Å²) in [6.45, 7) is -3.00. The Bertz CT molecular complexity index is 1200. The molecule has 0 radical (unpaired) electrons. The highest BCUT2D eigenvalue weighted by Crippen LogP contribution is 2.28. The molecule has 0 bridgehead atoms. The van der Waals surface area contributed by atoms with Crippen molar-refractivity contribution in [2.75, 3.05) is 10.0 Å². The fraction of sp³-hybridized carbons (Fsp3) is 0.0500.